The Hall–Kier alpha value is -1.43. The number of anilines is 1. The lowest BCUT2D eigenvalue weighted by Gasteiger charge is -2.23. The zero-order chi connectivity index (χ0) is 12.3. The molecule has 1 N–H and O–H groups in total. The number of rotatable bonds is 4. The molecule has 1 aromatic rings. The Balaban J connectivity index is 2.18. The molecule has 0 unspecified atom stereocenters. The monoisotopic (exact) mass is 241 g/mol. The largest absolute Gasteiger partial charge is 0.477 e. The summed E-state index contributed by atoms with van der Waals surface area (Å²) < 4.78 is 18.6. The number of aliphatic hydroxyl groups excluding tert-OH is 1. The van der Waals surface area contributed by atoms with Crippen LogP contribution >= 0.6 is 0 Å². The second-order valence-corrected chi connectivity index (χ2v) is 3.97. The molecule has 1 saturated heterocycles. The van der Waals surface area contributed by atoms with E-state index in [1.807, 2.05) is 6.92 Å². The van der Waals surface area contributed by atoms with Crippen LogP contribution in [-0.4, -0.2) is 47.0 Å². The zero-order valence-electron chi connectivity index (χ0n) is 9.71. The smallest absolute Gasteiger partial charge is 0.234 e. The topological polar surface area (TPSA) is 58.5 Å². The van der Waals surface area contributed by atoms with Crippen molar-refractivity contribution in [1.82, 2.24) is 9.97 Å². The third-order valence-corrected chi connectivity index (χ3v) is 2.76. The molecular formula is C11H16FN3O2. The summed E-state index contributed by atoms with van der Waals surface area (Å²) in [7, 11) is 0. The lowest BCUT2D eigenvalue weighted by Crippen LogP contribution is -2.33. The van der Waals surface area contributed by atoms with Crippen molar-refractivity contribution < 1.29 is 14.2 Å². The minimum absolute atomic E-state index is 0.0824. The Morgan fingerprint density at radius 2 is 2.41 bits per heavy atom. The maximum Gasteiger partial charge on any atom is 0.234 e. The predicted molar refractivity (Wildman–Crippen MR) is 60.9 cm³/mol. The Morgan fingerprint density at radius 1 is 1.59 bits per heavy atom. The minimum atomic E-state index is -0.926. The summed E-state index contributed by atoms with van der Waals surface area (Å²) >= 11 is 0. The van der Waals surface area contributed by atoms with Gasteiger partial charge in [0, 0.05) is 6.42 Å². The Kier molecular flexibility index (Phi) is 3.73. The fourth-order valence-electron chi connectivity index (χ4n) is 2.01. The highest BCUT2D eigenvalue weighted by atomic mass is 19.1. The van der Waals surface area contributed by atoms with Crippen LogP contribution in [0.4, 0.5) is 10.2 Å². The Morgan fingerprint density at radius 3 is 3.12 bits per heavy atom. The van der Waals surface area contributed by atoms with Crippen LogP contribution in [0.25, 0.3) is 0 Å². The number of nitrogens with zero attached hydrogens (tertiary/aromatic N) is 3. The molecule has 1 aliphatic rings. The molecule has 2 atom stereocenters. The van der Waals surface area contributed by atoms with Crippen LogP contribution in [0.2, 0.25) is 0 Å². The first kappa shape index (κ1) is 12.0. The highest BCUT2D eigenvalue weighted by Gasteiger charge is 2.32. The van der Waals surface area contributed by atoms with Gasteiger partial charge in [0.1, 0.15) is 6.17 Å². The van der Waals surface area contributed by atoms with Gasteiger partial charge in [0.25, 0.3) is 0 Å². The number of aliphatic hydroxyl groups is 1. The van der Waals surface area contributed by atoms with Crippen molar-refractivity contribution in [3.63, 3.8) is 0 Å². The van der Waals surface area contributed by atoms with Crippen molar-refractivity contribution in [2.75, 3.05) is 24.7 Å². The van der Waals surface area contributed by atoms with Gasteiger partial charge in [-0.1, -0.05) is 0 Å². The number of hydrogen-bond acceptors (Lipinski definition) is 5. The highest BCUT2D eigenvalue weighted by Crippen LogP contribution is 2.26. The van der Waals surface area contributed by atoms with Gasteiger partial charge in [-0.25, -0.2) is 4.39 Å². The van der Waals surface area contributed by atoms with E-state index in [0.717, 1.165) is 0 Å². The van der Waals surface area contributed by atoms with Gasteiger partial charge in [-0.05, 0) is 6.92 Å². The lowest BCUT2D eigenvalue weighted by molar-refractivity contribution is 0.255. The van der Waals surface area contributed by atoms with E-state index in [-0.39, 0.29) is 19.2 Å². The average molecular weight is 241 g/mol. The maximum atomic E-state index is 13.3. The van der Waals surface area contributed by atoms with Crippen molar-refractivity contribution in [3.05, 3.63) is 12.4 Å². The second kappa shape index (κ2) is 5.27. The summed E-state index contributed by atoms with van der Waals surface area (Å²) in [5.74, 6) is 0.971. The van der Waals surface area contributed by atoms with Crippen molar-refractivity contribution in [2.24, 2.45) is 0 Å². The normalized spacial score (nSPS) is 24.1. The number of aromatic nitrogens is 2. The molecule has 94 valence electrons. The molecule has 17 heavy (non-hydrogen) atoms. The summed E-state index contributed by atoms with van der Waals surface area (Å²) in [6.45, 7) is 2.53. The highest BCUT2D eigenvalue weighted by molar-refractivity contribution is 5.41. The van der Waals surface area contributed by atoms with Crippen molar-refractivity contribution >= 4 is 5.82 Å². The van der Waals surface area contributed by atoms with Crippen LogP contribution in [0.1, 0.15) is 13.3 Å². The average Bonchev–Trinajstić information content (AvgIpc) is 2.71. The summed E-state index contributed by atoms with van der Waals surface area (Å²) in [5, 5.41) is 9.20. The molecule has 5 nitrogen and oxygen atoms in total. The van der Waals surface area contributed by atoms with Crippen LogP contribution in [0, 0.1) is 0 Å². The number of ether oxygens (including phenoxy) is 1. The van der Waals surface area contributed by atoms with Crippen LogP contribution < -0.4 is 9.64 Å². The van der Waals surface area contributed by atoms with Gasteiger partial charge >= 0.3 is 0 Å². The Labute approximate surface area is 99.3 Å². The second-order valence-electron chi connectivity index (χ2n) is 3.97. The third-order valence-electron chi connectivity index (χ3n) is 2.76. The van der Waals surface area contributed by atoms with E-state index in [9.17, 15) is 9.50 Å². The zero-order valence-corrected chi connectivity index (χ0v) is 9.71. The first-order chi connectivity index (χ1) is 8.24. The van der Waals surface area contributed by atoms with Crippen LogP contribution in [-0.2, 0) is 0 Å². The molecule has 0 spiro atoms. The fraction of sp³-hybridized carbons (Fsp3) is 0.636. The quantitative estimate of drug-likeness (QED) is 0.844. The molecule has 2 rings (SSSR count). The summed E-state index contributed by atoms with van der Waals surface area (Å²) in [4.78, 5) is 9.99. The van der Waals surface area contributed by atoms with Gasteiger partial charge in [-0.2, -0.15) is 4.98 Å². The summed E-state index contributed by atoms with van der Waals surface area (Å²) in [6.07, 6.45) is 2.48. The van der Waals surface area contributed by atoms with Gasteiger partial charge in [0.15, 0.2) is 5.82 Å². The van der Waals surface area contributed by atoms with Gasteiger partial charge in [0.2, 0.25) is 5.88 Å². The maximum absolute atomic E-state index is 13.3. The van der Waals surface area contributed by atoms with E-state index < -0.39 is 6.17 Å². The molecule has 1 aromatic heterocycles. The number of hydrogen-bond donors (Lipinski definition) is 1. The van der Waals surface area contributed by atoms with Gasteiger partial charge in [0.05, 0.1) is 38.2 Å². The minimum Gasteiger partial charge on any atom is -0.477 e. The molecule has 6 heteroatoms. The van der Waals surface area contributed by atoms with E-state index in [2.05, 4.69) is 9.97 Å². The van der Waals surface area contributed by atoms with Gasteiger partial charge < -0.3 is 14.7 Å². The van der Waals surface area contributed by atoms with Gasteiger partial charge in [-0.3, -0.25) is 4.98 Å². The van der Waals surface area contributed by atoms with E-state index in [1.165, 1.54) is 6.20 Å². The number of alkyl halides is 1. The molecule has 0 bridgehead atoms. The summed E-state index contributed by atoms with van der Waals surface area (Å²) in [5.41, 5.74) is 0. The molecule has 0 amide bonds. The summed E-state index contributed by atoms with van der Waals surface area (Å²) in [6, 6.07) is -0.226. The standard InChI is InChI=1S/C11H16FN3O2/c1-2-17-11-5-13-4-10(14-11)15-6-8(12)3-9(15)7-16/h4-5,8-9,16H,2-3,6-7H2,1H3/t8-,9-/m0/s1. The molecule has 0 radical (unpaired) electrons. The molecule has 1 aliphatic heterocycles. The van der Waals surface area contributed by atoms with Crippen LogP contribution in [0.3, 0.4) is 0 Å². The van der Waals surface area contributed by atoms with Crippen LogP contribution in [0.15, 0.2) is 12.4 Å². The molecule has 0 saturated carbocycles. The predicted octanol–water partition coefficient (Wildman–Crippen LogP) is 0.784. The van der Waals surface area contributed by atoms with Crippen LogP contribution in [0.5, 0.6) is 5.88 Å². The first-order valence-electron chi connectivity index (χ1n) is 5.71. The van der Waals surface area contributed by atoms with Crippen molar-refractivity contribution in [3.8, 4) is 5.88 Å². The molecule has 2 heterocycles. The molecule has 0 aliphatic carbocycles. The molecule has 0 aromatic carbocycles. The van der Waals surface area contributed by atoms with Gasteiger partial charge in [-0.15, -0.1) is 0 Å². The third kappa shape index (κ3) is 2.63. The van der Waals surface area contributed by atoms with Crippen molar-refractivity contribution in [2.45, 2.75) is 25.6 Å². The van der Waals surface area contributed by atoms with E-state index in [4.69, 9.17) is 4.74 Å². The van der Waals surface area contributed by atoms with Crippen molar-refractivity contribution in [1.29, 1.82) is 0 Å². The van der Waals surface area contributed by atoms with E-state index in [0.29, 0.717) is 24.7 Å². The van der Waals surface area contributed by atoms with E-state index in [1.54, 1.807) is 11.1 Å². The molecule has 1 fully saturated rings. The van der Waals surface area contributed by atoms with E-state index >= 15 is 0 Å². The fourth-order valence-corrected chi connectivity index (χ4v) is 2.01. The Bertz CT molecular complexity index is 377. The number of halogens is 1. The SMILES string of the molecule is CCOc1cncc(N2C[C@@H](F)C[C@H]2CO)n1. The first-order valence-corrected chi connectivity index (χ1v) is 5.71. The lowest BCUT2D eigenvalue weighted by atomic mass is 10.2. The molecular weight excluding hydrogens is 225 g/mol.